The molecule has 0 aromatic carbocycles. The molecule has 13 heavy (non-hydrogen) atoms. The lowest BCUT2D eigenvalue weighted by atomic mass is 9.70. The number of tetrazole rings is 1. The summed E-state index contributed by atoms with van der Waals surface area (Å²) in [5.41, 5.74) is 0.399. The number of alkyl halides is 1. The summed E-state index contributed by atoms with van der Waals surface area (Å²) < 4.78 is 1.83. The number of aromatic nitrogens is 4. The summed E-state index contributed by atoms with van der Waals surface area (Å²) in [5.74, 6) is 1.16. The van der Waals surface area contributed by atoms with Crippen molar-refractivity contribution < 1.29 is 0 Å². The fourth-order valence-electron chi connectivity index (χ4n) is 1.74. The van der Waals surface area contributed by atoms with Crippen LogP contribution in [0, 0.1) is 5.41 Å². The first kappa shape index (κ1) is 8.94. The van der Waals surface area contributed by atoms with Gasteiger partial charge in [0.2, 0.25) is 0 Å². The molecule has 1 aliphatic rings. The van der Waals surface area contributed by atoms with Gasteiger partial charge in [0.15, 0.2) is 5.82 Å². The fraction of sp³-hybridized carbons (Fsp3) is 0.875. The summed E-state index contributed by atoms with van der Waals surface area (Å²) in [5, 5.41) is 11.4. The summed E-state index contributed by atoms with van der Waals surface area (Å²) in [6.45, 7) is 3.18. The lowest BCUT2D eigenvalue weighted by Crippen LogP contribution is -2.31. The maximum Gasteiger partial charge on any atom is 0.166 e. The molecule has 1 heterocycles. The van der Waals surface area contributed by atoms with Crippen LogP contribution in [-0.4, -0.2) is 20.2 Å². The normalized spacial score (nSPS) is 19.8. The van der Waals surface area contributed by atoms with Gasteiger partial charge in [0.25, 0.3) is 0 Å². The second kappa shape index (κ2) is 3.25. The van der Waals surface area contributed by atoms with Gasteiger partial charge < -0.3 is 0 Å². The Bertz CT molecular complexity index is 292. The predicted octanol–water partition coefficient (Wildman–Crippen LogP) is 1.60. The SMILES string of the molecule is CC1(Cn2nnnc2CCl)CCC1. The van der Waals surface area contributed by atoms with Crippen LogP contribution >= 0.6 is 11.6 Å². The lowest BCUT2D eigenvalue weighted by Gasteiger charge is -2.38. The first-order chi connectivity index (χ1) is 6.23. The Kier molecular flexibility index (Phi) is 2.24. The maximum absolute atomic E-state index is 5.70. The van der Waals surface area contributed by atoms with Crippen molar-refractivity contribution in [2.75, 3.05) is 0 Å². The van der Waals surface area contributed by atoms with E-state index in [1.165, 1.54) is 19.3 Å². The molecule has 4 nitrogen and oxygen atoms in total. The van der Waals surface area contributed by atoms with Gasteiger partial charge in [0.1, 0.15) is 0 Å². The minimum absolute atomic E-state index is 0.392. The summed E-state index contributed by atoms with van der Waals surface area (Å²) in [6.07, 6.45) is 3.87. The van der Waals surface area contributed by atoms with Crippen LogP contribution in [0.1, 0.15) is 32.0 Å². The van der Waals surface area contributed by atoms with Gasteiger partial charge in [-0.2, -0.15) is 0 Å². The highest BCUT2D eigenvalue weighted by Crippen LogP contribution is 2.41. The third-order valence-corrected chi connectivity index (χ3v) is 3.06. The summed E-state index contributed by atoms with van der Waals surface area (Å²) in [7, 11) is 0. The molecule has 0 spiro atoms. The van der Waals surface area contributed by atoms with Crippen molar-refractivity contribution in [3.8, 4) is 0 Å². The summed E-state index contributed by atoms with van der Waals surface area (Å²) in [6, 6.07) is 0. The molecule has 1 fully saturated rings. The number of halogens is 1. The summed E-state index contributed by atoms with van der Waals surface area (Å²) >= 11 is 5.70. The zero-order valence-electron chi connectivity index (χ0n) is 7.70. The number of rotatable bonds is 3. The Morgan fingerprint density at radius 1 is 1.54 bits per heavy atom. The van der Waals surface area contributed by atoms with Gasteiger partial charge in [-0.3, -0.25) is 0 Å². The molecule has 1 aromatic rings. The van der Waals surface area contributed by atoms with Gasteiger partial charge in [-0.1, -0.05) is 13.3 Å². The predicted molar refractivity (Wildman–Crippen MR) is 49.3 cm³/mol. The molecule has 0 N–H and O–H groups in total. The van der Waals surface area contributed by atoms with Crippen molar-refractivity contribution in [1.29, 1.82) is 0 Å². The Hall–Kier alpha value is -0.640. The van der Waals surface area contributed by atoms with Crippen LogP contribution in [0.4, 0.5) is 0 Å². The van der Waals surface area contributed by atoms with Gasteiger partial charge in [-0.25, -0.2) is 4.68 Å². The van der Waals surface area contributed by atoms with E-state index in [0.29, 0.717) is 11.3 Å². The third-order valence-electron chi connectivity index (χ3n) is 2.82. The number of nitrogens with zero attached hydrogens (tertiary/aromatic N) is 4. The molecule has 1 aliphatic carbocycles. The minimum Gasteiger partial charge on any atom is -0.228 e. The molecule has 0 radical (unpaired) electrons. The second-order valence-corrected chi connectivity index (χ2v) is 4.32. The molecule has 0 amide bonds. The molecule has 0 saturated heterocycles. The average Bonchev–Trinajstić information content (AvgIpc) is 2.49. The van der Waals surface area contributed by atoms with Crippen LogP contribution in [0.3, 0.4) is 0 Å². The molecular weight excluding hydrogens is 188 g/mol. The van der Waals surface area contributed by atoms with E-state index in [0.717, 1.165) is 12.4 Å². The first-order valence-corrected chi connectivity index (χ1v) is 5.08. The van der Waals surface area contributed by atoms with Crippen molar-refractivity contribution >= 4 is 11.6 Å². The molecule has 5 heteroatoms. The fourth-order valence-corrected chi connectivity index (χ4v) is 1.93. The zero-order chi connectivity index (χ0) is 9.31. The van der Waals surface area contributed by atoms with Crippen LogP contribution in [0.25, 0.3) is 0 Å². The van der Waals surface area contributed by atoms with Gasteiger partial charge in [0.05, 0.1) is 12.4 Å². The smallest absolute Gasteiger partial charge is 0.166 e. The number of hydrogen-bond acceptors (Lipinski definition) is 3. The third kappa shape index (κ3) is 1.68. The van der Waals surface area contributed by atoms with Crippen molar-refractivity contribution in [1.82, 2.24) is 20.2 Å². The highest BCUT2D eigenvalue weighted by molar-refractivity contribution is 6.16. The van der Waals surface area contributed by atoms with Crippen molar-refractivity contribution in [2.24, 2.45) is 5.41 Å². The minimum atomic E-state index is 0.392. The molecule has 0 unspecified atom stereocenters. The Morgan fingerprint density at radius 3 is 2.85 bits per heavy atom. The highest BCUT2D eigenvalue weighted by atomic mass is 35.5. The van der Waals surface area contributed by atoms with E-state index in [1.807, 2.05) is 4.68 Å². The highest BCUT2D eigenvalue weighted by Gasteiger charge is 2.33. The first-order valence-electron chi connectivity index (χ1n) is 4.54. The Balaban J connectivity index is 2.08. The van der Waals surface area contributed by atoms with E-state index in [-0.39, 0.29) is 0 Å². The molecule has 0 bridgehead atoms. The van der Waals surface area contributed by atoms with Gasteiger partial charge in [-0.05, 0) is 28.7 Å². The van der Waals surface area contributed by atoms with E-state index in [9.17, 15) is 0 Å². The van der Waals surface area contributed by atoms with Crippen LogP contribution < -0.4 is 0 Å². The molecule has 0 aliphatic heterocycles. The Morgan fingerprint density at radius 2 is 2.31 bits per heavy atom. The second-order valence-electron chi connectivity index (χ2n) is 4.05. The maximum atomic E-state index is 5.70. The van der Waals surface area contributed by atoms with Crippen LogP contribution in [0.2, 0.25) is 0 Å². The van der Waals surface area contributed by atoms with E-state index >= 15 is 0 Å². The number of hydrogen-bond donors (Lipinski definition) is 0. The largest absolute Gasteiger partial charge is 0.228 e. The standard InChI is InChI=1S/C8H13ClN4/c1-8(3-2-4-8)6-13-7(5-9)10-11-12-13/h2-6H2,1H3. The van der Waals surface area contributed by atoms with Crippen molar-refractivity contribution in [3.05, 3.63) is 5.82 Å². The molecule has 72 valence electrons. The topological polar surface area (TPSA) is 43.6 Å². The van der Waals surface area contributed by atoms with Gasteiger partial charge >= 0.3 is 0 Å². The van der Waals surface area contributed by atoms with Crippen LogP contribution in [-0.2, 0) is 12.4 Å². The van der Waals surface area contributed by atoms with Crippen LogP contribution in [0.15, 0.2) is 0 Å². The average molecular weight is 201 g/mol. The van der Waals surface area contributed by atoms with Crippen molar-refractivity contribution in [3.63, 3.8) is 0 Å². The molecule has 0 atom stereocenters. The van der Waals surface area contributed by atoms with Crippen LogP contribution in [0.5, 0.6) is 0 Å². The van der Waals surface area contributed by atoms with E-state index in [1.54, 1.807) is 0 Å². The van der Waals surface area contributed by atoms with Crippen molar-refractivity contribution in [2.45, 2.75) is 38.6 Å². The molecule has 1 saturated carbocycles. The monoisotopic (exact) mass is 200 g/mol. The summed E-state index contributed by atoms with van der Waals surface area (Å²) in [4.78, 5) is 0. The molecule has 1 aromatic heterocycles. The van der Waals surface area contributed by atoms with E-state index < -0.39 is 0 Å². The zero-order valence-corrected chi connectivity index (χ0v) is 8.46. The molecule has 2 rings (SSSR count). The lowest BCUT2D eigenvalue weighted by molar-refractivity contribution is 0.123. The van der Waals surface area contributed by atoms with Gasteiger partial charge in [-0.15, -0.1) is 16.7 Å². The quantitative estimate of drug-likeness (QED) is 0.697. The molecular formula is C8H13ClN4. The Labute approximate surface area is 82.3 Å². The van der Waals surface area contributed by atoms with Gasteiger partial charge in [0, 0.05) is 0 Å². The van der Waals surface area contributed by atoms with E-state index in [2.05, 4.69) is 22.4 Å². The van der Waals surface area contributed by atoms with E-state index in [4.69, 9.17) is 11.6 Å².